The van der Waals surface area contributed by atoms with Gasteiger partial charge in [-0.3, -0.25) is 4.79 Å². The van der Waals surface area contributed by atoms with Gasteiger partial charge < -0.3 is 14.7 Å². The molecule has 0 aromatic heterocycles. The quantitative estimate of drug-likeness (QED) is 0.882. The fourth-order valence-corrected chi connectivity index (χ4v) is 2.90. The molecule has 25 heavy (non-hydrogen) atoms. The van der Waals surface area contributed by atoms with E-state index in [1.54, 1.807) is 12.1 Å². The number of alkyl halides is 2. The van der Waals surface area contributed by atoms with Gasteiger partial charge in [0.2, 0.25) is 0 Å². The van der Waals surface area contributed by atoms with E-state index in [1.807, 2.05) is 36.1 Å². The van der Waals surface area contributed by atoms with Crippen molar-refractivity contribution in [1.29, 1.82) is 0 Å². The Bertz CT molecular complexity index is 795. The summed E-state index contributed by atoms with van der Waals surface area (Å²) in [7, 11) is 0. The molecule has 0 unspecified atom stereocenters. The van der Waals surface area contributed by atoms with Crippen LogP contribution < -0.4 is 9.64 Å². The minimum absolute atomic E-state index is 0.1000. The summed E-state index contributed by atoms with van der Waals surface area (Å²) in [5.74, 6) is -1.02. The second-order valence-corrected chi connectivity index (χ2v) is 6.44. The average Bonchev–Trinajstić information content (AvgIpc) is 2.43. The number of carbonyl (C=O) groups is 1. The maximum atomic E-state index is 13.1. The summed E-state index contributed by atoms with van der Waals surface area (Å²) < 4.78 is 30.7. The van der Waals surface area contributed by atoms with Crippen molar-refractivity contribution < 1.29 is 23.4 Å². The molecule has 0 amide bonds. The van der Waals surface area contributed by atoms with Crippen LogP contribution in [0.4, 0.5) is 14.5 Å². The molecule has 0 radical (unpaired) electrons. The third kappa shape index (κ3) is 4.07. The van der Waals surface area contributed by atoms with Crippen LogP contribution in [0.25, 0.3) is 11.1 Å². The van der Waals surface area contributed by atoms with Crippen molar-refractivity contribution in [3.63, 3.8) is 0 Å². The zero-order valence-electron chi connectivity index (χ0n) is 14.0. The Morgan fingerprint density at radius 1 is 1.20 bits per heavy atom. The second kappa shape index (κ2) is 6.35. The maximum Gasteiger partial charge on any atom is 0.394 e. The van der Waals surface area contributed by atoms with Gasteiger partial charge in [-0.1, -0.05) is 18.2 Å². The van der Waals surface area contributed by atoms with Gasteiger partial charge in [0.25, 0.3) is 0 Å². The van der Waals surface area contributed by atoms with Crippen molar-refractivity contribution in [3.05, 3.63) is 48.0 Å². The topological polar surface area (TPSA) is 49.8 Å². The van der Waals surface area contributed by atoms with Gasteiger partial charge >= 0.3 is 12.1 Å². The van der Waals surface area contributed by atoms with Crippen LogP contribution in [-0.4, -0.2) is 30.3 Å². The van der Waals surface area contributed by atoms with Crippen molar-refractivity contribution in [1.82, 2.24) is 0 Å². The van der Waals surface area contributed by atoms with Crippen LogP contribution in [0.2, 0.25) is 0 Å². The van der Waals surface area contributed by atoms with Crippen LogP contribution in [0.1, 0.15) is 12.5 Å². The summed E-state index contributed by atoms with van der Waals surface area (Å²) in [6.07, 6.45) is -3.24. The van der Waals surface area contributed by atoms with Crippen LogP contribution in [0.3, 0.4) is 0 Å². The highest BCUT2D eigenvalue weighted by atomic mass is 19.3. The maximum absolute atomic E-state index is 13.1. The fraction of sp³-hybridized carbons (Fsp3) is 0.316. The zero-order valence-corrected chi connectivity index (χ0v) is 14.0. The molecule has 2 aromatic rings. The highest BCUT2D eigenvalue weighted by Gasteiger charge is 2.32. The van der Waals surface area contributed by atoms with E-state index in [4.69, 9.17) is 5.11 Å². The summed E-state index contributed by atoms with van der Waals surface area (Å²) in [5.41, 5.74) is 3.58. The number of benzene rings is 2. The van der Waals surface area contributed by atoms with Gasteiger partial charge in [0.05, 0.1) is 5.92 Å². The van der Waals surface area contributed by atoms with Crippen LogP contribution in [0, 0.1) is 12.8 Å². The molecule has 1 saturated heterocycles. The van der Waals surface area contributed by atoms with E-state index in [2.05, 4.69) is 4.74 Å². The molecule has 1 aliphatic heterocycles. The summed E-state index contributed by atoms with van der Waals surface area (Å²) in [6.45, 7) is 3.60. The Labute approximate surface area is 144 Å². The first-order valence-corrected chi connectivity index (χ1v) is 7.98. The predicted octanol–water partition coefficient (Wildman–Crippen LogP) is 4.17. The number of anilines is 1. The van der Waals surface area contributed by atoms with Crippen LogP contribution >= 0.6 is 0 Å². The van der Waals surface area contributed by atoms with Crippen LogP contribution in [0.15, 0.2) is 42.5 Å². The Balaban J connectivity index is 1.86. The molecule has 0 atom stereocenters. The number of nitrogens with zero attached hydrogens (tertiary/aromatic N) is 1. The molecule has 1 N–H and O–H groups in total. The Kier molecular flexibility index (Phi) is 4.37. The minimum Gasteiger partial charge on any atom is -0.481 e. The number of aryl methyl sites for hydroxylation is 1. The molecule has 132 valence electrons. The third-order valence-corrected chi connectivity index (χ3v) is 4.12. The van der Waals surface area contributed by atoms with Crippen molar-refractivity contribution in [2.45, 2.75) is 20.0 Å². The number of halogens is 2. The van der Waals surface area contributed by atoms with Crippen molar-refractivity contribution in [3.8, 4) is 16.9 Å². The predicted molar refractivity (Wildman–Crippen MR) is 91.2 cm³/mol. The van der Waals surface area contributed by atoms with Gasteiger partial charge in [-0.15, -0.1) is 0 Å². The average molecular weight is 347 g/mol. The van der Waals surface area contributed by atoms with E-state index in [9.17, 15) is 13.6 Å². The van der Waals surface area contributed by atoms with E-state index in [1.165, 1.54) is 6.07 Å². The first kappa shape index (κ1) is 17.2. The zero-order chi connectivity index (χ0) is 18.2. The molecular formula is C19H19F2NO3. The standard InChI is InChI=1S/C19H19F2NO3/c1-12-6-14(8-16(7-12)22-10-15(11-22)18(23)24)13-4-3-5-17(9-13)25-19(2,20)21/h3-9,15H,10-11H2,1-2H3,(H,23,24). The Morgan fingerprint density at radius 2 is 1.92 bits per heavy atom. The number of aliphatic carboxylic acids is 1. The minimum atomic E-state index is -3.24. The number of carboxylic acid groups (broad SMARTS) is 1. The Morgan fingerprint density at radius 3 is 2.56 bits per heavy atom. The summed E-state index contributed by atoms with van der Waals surface area (Å²) in [6, 6.07) is 12.5. The molecule has 4 nitrogen and oxygen atoms in total. The van der Waals surface area contributed by atoms with Gasteiger partial charge in [-0.25, -0.2) is 0 Å². The van der Waals surface area contributed by atoms with E-state index >= 15 is 0 Å². The van der Waals surface area contributed by atoms with Crippen molar-refractivity contribution >= 4 is 11.7 Å². The van der Waals surface area contributed by atoms with E-state index < -0.39 is 12.1 Å². The van der Waals surface area contributed by atoms with Crippen molar-refractivity contribution in [2.75, 3.05) is 18.0 Å². The normalized spacial score (nSPS) is 15.0. The molecule has 3 rings (SSSR count). The lowest BCUT2D eigenvalue weighted by Gasteiger charge is -2.39. The highest BCUT2D eigenvalue weighted by molar-refractivity contribution is 5.76. The molecule has 6 heteroatoms. The number of hydrogen-bond donors (Lipinski definition) is 1. The van der Waals surface area contributed by atoms with Crippen LogP contribution in [0.5, 0.6) is 5.75 Å². The van der Waals surface area contributed by atoms with Crippen molar-refractivity contribution in [2.24, 2.45) is 5.92 Å². The fourth-order valence-electron chi connectivity index (χ4n) is 2.90. The molecule has 2 aromatic carbocycles. The monoisotopic (exact) mass is 347 g/mol. The summed E-state index contributed by atoms with van der Waals surface area (Å²) in [4.78, 5) is 13.0. The summed E-state index contributed by atoms with van der Waals surface area (Å²) >= 11 is 0. The van der Waals surface area contributed by atoms with E-state index in [0.717, 1.165) is 22.4 Å². The van der Waals surface area contributed by atoms with Gasteiger partial charge in [0, 0.05) is 25.7 Å². The molecule has 1 aliphatic rings. The number of hydrogen-bond acceptors (Lipinski definition) is 3. The largest absolute Gasteiger partial charge is 0.481 e. The Hall–Kier alpha value is -2.63. The molecular weight excluding hydrogens is 328 g/mol. The van der Waals surface area contributed by atoms with Gasteiger partial charge in [-0.05, 0) is 47.9 Å². The molecule has 0 aliphatic carbocycles. The number of ether oxygens (including phenoxy) is 1. The molecule has 0 bridgehead atoms. The molecule has 1 fully saturated rings. The second-order valence-electron chi connectivity index (χ2n) is 6.44. The van der Waals surface area contributed by atoms with E-state index in [0.29, 0.717) is 20.0 Å². The molecule has 0 saturated carbocycles. The number of rotatable bonds is 5. The lowest BCUT2D eigenvalue weighted by molar-refractivity contribution is -0.158. The lowest BCUT2D eigenvalue weighted by Crippen LogP contribution is -2.50. The van der Waals surface area contributed by atoms with Gasteiger partial charge in [-0.2, -0.15) is 8.78 Å². The molecule has 0 spiro atoms. The highest BCUT2D eigenvalue weighted by Crippen LogP contribution is 2.33. The van der Waals surface area contributed by atoms with Gasteiger partial charge in [0.15, 0.2) is 0 Å². The lowest BCUT2D eigenvalue weighted by atomic mass is 9.96. The van der Waals surface area contributed by atoms with Crippen LogP contribution in [-0.2, 0) is 4.79 Å². The number of carboxylic acids is 1. The first-order valence-electron chi connectivity index (χ1n) is 7.98. The third-order valence-electron chi connectivity index (χ3n) is 4.12. The SMILES string of the molecule is Cc1cc(-c2cccc(OC(C)(F)F)c2)cc(N2CC(C(=O)O)C2)c1. The summed E-state index contributed by atoms with van der Waals surface area (Å²) in [5, 5.41) is 9.01. The molecule has 1 heterocycles. The van der Waals surface area contributed by atoms with Gasteiger partial charge in [0.1, 0.15) is 5.75 Å². The van der Waals surface area contributed by atoms with E-state index in [-0.39, 0.29) is 11.7 Å². The smallest absolute Gasteiger partial charge is 0.394 e. The first-order chi connectivity index (χ1) is 11.7.